The van der Waals surface area contributed by atoms with Gasteiger partial charge >= 0.3 is 0 Å². The van der Waals surface area contributed by atoms with Crippen LogP contribution >= 0.6 is 0 Å². The van der Waals surface area contributed by atoms with E-state index in [0.29, 0.717) is 13.2 Å². The SMILES string of the molecule is Nc1ccc(COCc2ccc(N)cc2)cc1. The molecular weight excluding hydrogens is 212 g/mol. The Morgan fingerprint density at radius 1 is 0.647 bits per heavy atom. The minimum absolute atomic E-state index is 0.588. The Labute approximate surface area is 101 Å². The van der Waals surface area contributed by atoms with Crippen LogP contribution in [-0.4, -0.2) is 0 Å². The molecule has 17 heavy (non-hydrogen) atoms. The summed E-state index contributed by atoms with van der Waals surface area (Å²) in [5.74, 6) is 0. The topological polar surface area (TPSA) is 61.3 Å². The van der Waals surface area contributed by atoms with Crippen LogP contribution in [0.1, 0.15) is 11.1 Å². The van der Waals surface area contributed by atoms with Crippen molar-refractivity contribution in [1.82, 2.24) is 0 Å². The van der Waals surface area contributed by atoms with Crippen molar-refractivity contribution < 1.29 is 4.74 Å². The zero-order valence-electron chi connectivity index (χ0n) is 9.60. The van der Waals surface area contributed by atoms with Crippen molar-refractivity contribution >= 4 is 11.4 Å². The molecule has 2 aromatic rings. The summed E-state index contributed by atoms with van der Waals surface area (Å²) in [5.41, 5.74) is 15.0. The summed E-state index contributed by atoms with van der Waals surface area (Å²) in [7, 11) is 0. The molecule has 3 nitrogen and oxygen atoms in total. The summed E-state index contributed by atoms with van der Waals surface area (Å²) in [5, 5.41) is 0. The first-order valence-electron chi connectivity index (χ1n) is 5.50. The van der Waals surface area contributed by atoms with E-state index in [-0.39, 0.29) is 0 Å². The predicted molar refractivity (Wildman–Crippen MR) is 70.2 cm³/mol. The molecule has 0 heterocycles. The normalized spacial score (nSPS) is 10.4. The first-order chi connectivity index (χ1) is 8.24. The van der Waals surface area contributed by atoms with Crippen LogP contribution in [0, 0.1) is 0 Å². The van der Waals surface area contributed by atoms with Crippen LogP contribution in [0.5, 0.6) is 0 Å². The van der Waals surface area contributed by atoms with Gasteiger partial charge in [-0.25, -0.2) is 0 Å². The highest BCUT2D eigenvalue weighted by Crippen LogP contribution is 2.10. The molecular formula is C14H16N2O. The van der Waals surface area contributed by atoms with Crippen molar-refractivity contribution in [2.45, 2.75) is 13.2 Å². The maximum Gasteiger partial charge on any atom is 0.0721 e. The fourth-order valence-electron chi connectivity index (χ4n) is 1.51. The first kappa shape index (κ1) is 11.5. The number of hydrogen-bond donors (Lipinski definition) is 2. The second-order valence-electron chi connectivity index (χ2n) is 3.98. The van der Waals surface area contributed by atoms with Gasteiger partial charge in [0.2, 0.25) is 0 Å². The molecule has 0 unspecified atom stereocenters. The predicted octanol–water partition coefficient (Wildman–Crippen LogP) is 2.57. The van der Waals surface area contributed by atoms with E-state index in [1.807, 2.05) is 48.5 Å². The average molecular weight is 228 g/mol. The molecule has 0 aliphatic carbocycles. The summed E-state index contributed by atoms with van der Waals surface area (Å²) in [6, 6.07) is 15.4. The lowest BCUT2D eigenvalue weighted by Gasteiger charge is -2.05. The Bertz CT molecular complexity index is 417. The van der Waals surface area contributed by atoms with E-state index in [2.05, 4.69) is 0 Å². The van der Waals surface area contributed by atoms with Gasteiger partial charge in [0.1, 0.15) is 0 Å². The second kappa shape index (κ2) is 5.37. The van der Waals surface area contributed by atoms with Crippen LogP contribution in [0.15, 0.2) is 48.5 Å². The number of nitrogens with two attached hydrogens (primary N) is 2. The summed E-state index contributed by atoms with van der Waals surface area (Å²) < 4.78 is 5.60. The van der Waals surface area contributed by atoms with Gasteiger partial charge in [-0.15, -0.1) is 0 Å². The highest BCUT2D eigenvalue weighted by molar-refractivity contribution is 5.39. The first-order valence-corrected chi connectivity index (χ1v) is 5.50. The van der Waals surface area contributed by atoms with Crippen LogP contribution in [0.25, 0.3) is 0 Å². The van der Waals surface area contributed by atoms with Gasteiger partial charge in [-0.2, -0.15) is 0 Å². The van der Waals surface area contributed by atoms with E-state index < -0.39 is 0 Å². The number of nitrogen functional groups attached to an aromatic ring is 2. The molecule has 0 aliphatic heterocycles. The van der Waals surface area contributed by atoms with Gasteiger partial charge in [0, 0.05) is 11.4 Å². The lowest BCUT2D eigenvalue weighted by Crippen LogP contribution is -1.95. The molecule has 0 aliphatic rings. The van der Waals surface area contributed by atoms with Gasteiger partial charge in [0.25, 0.3) is 0 Å². The van der Waals surface area contributed by atoms with Crippen molar-refractivity contribution in [3.8, 4) is 0 Å². The molecule has 0 fully saturated rings. The largest absolute Gasteiger partial charge is 0.399 e. The summed E-state index contributed by atoms with van der Waals surface area (Å²) in [6.45, 7) is 1.18. The fourth-order valence-corrected chi connectivity index (χ4v) is 1.51. The van der Waals surface area contributed by atoms with E-state index >= 15 is 0 Å². The monoisotopic (exact) mass is 228 g/mol. The number of rotatable bonds is 4. The van der Waals surface area contributed by atoms with Crippen molar-refractivity contribution in [3.63, 3.8) is 0 Å². The van der Waals surface area contributed by atoms with Crippen LogP contribution < -0.4 is 11.5 Å². The van der Waals surface area contributed by atoms with Crippen LogP contribution in [0.2, 0.25) is 0 Å². The third-order valence-electron chi connectivity index (χ3n) is 2.50. The smallest absolute Gasteiger partial charge is 0.0721 e. The maximum absolute atomic E-state index is 5.61. The average Bonchev–Trinajstić information content (AvgIpc) is 2.34. The number of hydrogen-bond acceptors (Lipinski definition) is 3. The molecule has 0 radical (unpaired) electrons. The van der Waals surface area contributed by atoms with E-state index in [0.717, 1.165) is 22.5 Å². The van der Waals surface area contributed by atoms with Gasteiger partial charge in [-0.1, -0.05) is 24.3 Å². The summed E-state index contributed by atoms with van der Waals surface area (Å²) in [4.78, 5) is 0. The quantitative estimate of drug-likeness (QED) is 0.790. The molecule has 88 valence electrons. The van der Waals surface area contributed by atoms with E-state index in [1.54, 1.807) is 0 Å². The van der Waals surface area contributed by atoms with Gasteiger partial charge < -0.3 is 16.2 Å². The molecule has 0 saturated heterocycles. The molecule has 0 saturated carbocycles. The Morgan fingerprint density at radius 2 is 1.00 bits per heavy atom. The van der Waals surface area contributed by atoms with Crippen LogP contribution in [-0.2, 0) is 18.0 Å². The van der Waals surface area contributed by atoms with E-state index in [9.17, 15) is 0 Å². The van der Waals surface area contributed by atoms with Crippen LogP contribution in [0.3, 0.4) is 0 Å². The van der Waals surface area contributed by atoms with E-state index in [1.165, 1.54) is 0 Å². The molecule has 0 aromatic heterocycles. The molecule has 3 heteroatoms. The summed E-state index contributed by atoms with van der Waals surface area (Å²) in [6.07, 6.45) is 0. The molecule has 2 aromatic carbocycles. The highest BCUT2D eigenvalue weighted by atomic mass is 16.5. The molecule has 0 bridgehead atoms. The Balaban J connectivity index is 1.83. The lowest BCUT2D eigenvalue weighted by molar-refractivity contribution is 0.107. The van der Waals surface area contributed by atoms with Gasteiger partial charge in [-0.05, 0) is 35.4 Å². The molecule has 4 N–H and O–H groups in total. The Kier molecular flexibility index (Phi) is 3.62. The minimum atomic E-state index is 0.588. The minimum Gasteiger partial charge on any atom is -0.399 e. The highest BCUT2D eigenvalue weighted by Gasteiger charge is 1.95. The van der Waals surface area contributed by atoms with E-state index in [4.69, 9.17) is 16.2 Å². The Hall–Kier alpha value is -2.00. The van der Waals surface area contributed by atoms with Crippen LogP contribution in [0.4, 0.5) is 11.4 Å². The Morgan fingerprint density at radius 3 is 1.35 bits per heavy atom. The third-order valence-corrected chi connectivity index (χ3v) is 2.50. The third kappa shape index (κ3) is 3.50. The number of anilines is 2. The zero-order valence-corrected chi connectivity index (χ0v) is 9.60. The standard InChI is InChI=1S/C14H16N2O/c15-13-5-1-11(2-6-13)9-17-10-12-3-7-14(16)8-4-12/h1-8H,9-10,15-16H2. The molecule has 2 rings (SSSR count). The molecule has 0 amide bonds. The summed E-state index contributed by atoms with van der Waals surface area (Å²) >= 11 is 0. The van der Waals surface area contributed by atoms with Crippen molar-refractivity contribution in [3.05, 3.63) is 59.7 Å². The van der Waals surface area contributed by atoms with Gasteiger partial charge in [0.15, 0.2) is 0 Å². The van der Waals surface area contributed by atoms with Gasteiger partial charge in [0.05, 0.1) is 13.2 Å². The second-order valence-corrected chi connectivity index (χ2v) is 3.98. The number of benzene rings is 2. The molecule has 0 atom stereocenters. The maximum atomic E-state index is 5.61. The van der Waals surface area contributed by atoms with Gasteiger partial charge in [-0.3, -0.25) is 0 Å². The number of ether oxygens (including phenoxy) is 1. The van der Waals surface area contributed by atoms with Crippen molar-refractivity contribution in [2.75, 3.05) is 11.5 Å². The molecule has 0 spiro atoms. The van der Waals surface area contributed by atoms with Crippen molar-refractivity contribution in [1.29, 1.82) is 0 Å². The zero-order chi connectivity index (χ0) is 12.1. The lowest BCUT2D eigenvalue weighted by atomic mass is 10.2. The fraction of sp³-hybridized carbons (Fsp3) is 0.143. The van der Waals surface area contributed by atoms with Crippen molar-refractivity contribution in [2.24, 2.45) is 0 Å².